The van der Waals surface area contributed by atoms with Gasteiger partial charge in [0.15, 0.2) is 0 Å². The fourth-order valence-corrected chi connectivity index (χ4v) is 4.83. The number of carbonyl (C=O) groups is 2. The van der Waals surface area contributed by atoms with Crippen LogP contribution in [0.5, 0.6) is 0 Å². The summed E-state index contributed by atoms with van der Waals surface area (Å²) in [5, 5.41) is 5.30. The first-order valence-electron chi connectivity index (χ1n) is 9.38. The first-order valence-corrected chi connectivity index (χ1v) is 10.9. The zero-order valence-electron chi connectivity index (χ0n) is 15.9. The van der Waals surface area contributed by atoms with Crippen molar-refractivity contribution in [3.8, 4) is 0 Å². The highest BCUT2D eigenvalue weighted by atomic mass is 32.2. The highest BCUT2D eigenvalue weighted by Crippen LogP contribution is 2.25. The van der Waals surface area contributed by atoms with Crippen LogP contribution in [0, 0.1) is 19.8 Å². The van der Waals surface area contributed by atoms with Crippen molar-refractivity contribution in [1.29, 1.82) is 0 Å². The van der Waals surface area contributed by atoms with E-state index in [2.05, 4.69) is 0 Å². The molecular formula is C19H27N3O4S. The van der Waals surface area contributed by atoms with E-state index in [0.29, 0.717) is 36.6 Å². The van der Waals surface area contributed by atoms with Crippen LogP contribution in [0.25, 0.3) is 0 Å². The van der Waals surface area contributed by atoms with Crippen LogP contribution in [-0.4, -0.2) is 56.2 Å². The molecule has 27 heavy (non-hydrogen) atoms. The molecule has 0 aromatic heterocycles. The van der Waals surface area contributed by atoms with Crippen LogP contribution >= 0.6 is 0 Å². The molecule has 0 spiro atoms. The number of sulfonamides is 1. The van der Waals surface area contributed by atoms with Crippen molar-refractivity contribution in [1.82, 2.24) is 9.80 Å². The molecule has 0 radical (unpaired) electrons. The van der Waals surface area contributed by atoms with Crippen LogP contribution in [0.2, 0.25) is 0 Å². The number of aryl methyl sites for hydroxylation is 1. The quantitative estimate of drug-likeness (QED) is 0.836. The summed E-state index contributed by atoms with van der Waals surface area (Å²) in [6.45, 7) is 6.32. The van der Waals surface area contributed by atoms with E-state index in [1.54, 1.807) is 24.8 Å². The van der Waals surface area contributed by atoms with Gasteiger partial charge >= 0.3 is 0 Å². The number of likely N-dealkylation sites (tertiary alicyclic amines) is 2. The fourth-order valence-electron chi connectivity index (χ4n) is 3.96. The maximum Gasteiger partial charge on any atom is 0.253 e. The van der Waals surface area contributed by atoms with E-state index < -0.39 is 10.0 Å². The lowest BCUT2D eigenvalue weighted by atomic mass is 9.95. The number of piperidine rings is 1. The Labute approximate surface area is 160 Å². The Morgan fingerprint density at radius 2 is 1.85 bits per heavy atom. The second kappa shape index (κ2) is 7.59. The lowest BCUT2D eigenvalue weighted by molar-refractivity contribution is -0.128. The highest BCUT2D eigenvalue weighted by Gasteiger charge is 2.29. The number of nitrogens with two attached hydrogens (primary N) is 1. The molecule has 0 saturated carbocycles. The summed E-state index contributed by atoms with van der Waals surface area (Å²) in [5.74, 6) is 0.480. The van der Waals surface area contributed by atoms with E-state index in [1.807, 2.05) is 4.90 Å². The monoisotopic (exact) mass is 393 g/mol. The largest absolute Gasteiger partial charge is 0.342 e. The molecule has 0 aliphatic carbocycles. The number of primary sulfonamides is 1. The van der Waals surface area contributed by atoms with E-state index in [4.69, 9.17) is 5.14 Å². The molecule has 1 aromatic rings. The topological polar surface area (TPSA) is 101 Å². The molecule has 2 heterocycles. The number of hydrogen-bond acceptors (Lipinski definition) is 4. The summed E-state index contributed by atoms with van der Waals surface area (Å²) in [6.07, 6.45) is 3.29. The number of amides is 2. The van der Waals surface area contributed by atoms with Crippen LogP contribution in [0.3, 0.4) is 0 Å². The van der Waals surface area contributed by atoms with Crippen LogP contribution in [0.1, 0.15) is 47.2 Å². The van der Waals surface area contributed by atoms with Crippen LogP contribution in [-0.2, 0) is 14.8 Å². The van der Waals surface area contributed by atoms with Gasteiger partial charge in [-0.3, -0.25) is 9.59 Å². The first kappa shape index (κ1) is 19.8. The summed E-state index contributed by atoms with van der Waals surface area (Å²) < 4.78 is 23.6. The van der Waals surface area contributed by atoms with Gasteiger partial charge in [0, 0.05) is 38.2 Å². The van der Waals surface area contributed by atoms with Crippen molar-refractivity contribution in [2.75, 3.05) is 26.2 Å². The Balaban J connectivity index is 1.67. The Bertz CT molecular complexity index is 858. The predicted molar refractivity (Wildman–Crippen MR) is 102 cm³/mol. The van der Waals surface area contributed by atoms with E-state index in [1.165, 1.54) is 6.07 Å². The zero-order chi connectivity index (χ0) is 19.8. The number of carbonyl (C=O) groups excluding carboxylic acids is 2. The Morgan fingerprint density at radius 3 is 2.41 bits per heavy atom. The summed E-state index contributed by atoms with van der Waals surface area (Å²) in [4.78, 5) is 28.4. The van der Waals surface area contributed by atoms with Crippen molar-refractivity contribution >= 4 is 21.8 Å². The number of hydrogen-bond donors (Lipinski definition) is 1. The van der Waals surface area contributed by atoms with Gasteiger partial charge in [-0.25, -0.2) is 13.6 Å². The van der Waals surface area contributed by atoms with Gasteiger partial charge in [-0.1, -0.05) is 0 Å². The molecule has 2 saturated heterocycles. The standard InChI is InChI=1S/C19H27N3O4S/c1-13-10-16(11-17(14(13)2)27(20,25)26)19(24)21-8-5-15(6-9-21)12-22-7-3-4-18(22)23/h10-11,15H,3-9,12H2,1-2H3,(H2,20,25,26). The minimum Gasteiger partial charge on any atom is -0.342 e. The van der Waals surface area contributed by atoms with E-state index >= 15 is 0 Å². The molecule has 1 aromatic carbocycles. The Hall–Kier alpha value is -1.93. The van der Waals surface area contributed by atoms with Crippen LogP contribution in [0.15, 0.2) is 17.0 Å². The molecule has 0 bridgehead atoms. The molecule has 148 valence electrons. The van der Waals surface area contributed by atoms with Gasteiger partial charge in [0.1, 0.15) is 0 Å². The minimum atomic E-state index is -3.88. The lowest BCUT2D eigenvalue weighted by Gasteiger charge is -2.34. The number of benzene rings is 1. The van der Waals surface area contributed by atoms with E-state index in [9.17, 15) is 18.0 Å². The van der Waals surface area contributed by atoms with Crippen molar-refractivity contribution in [2.45, 2.75) is 44.4 Å². The van der Waals surface area contributed by atoms with Crippen LogP contribution < -0.4 is 5.14 Å². The second-order valence-electron chi connectivity index (χ2n) is 7.64. The molecule has 3 rings (SSSR count). The fraction of sp³-hybridized carbons (Fsp3) is 0.579. The third-order valence-corrected chi connectivity index (χ3v) is 6.76. The van der Waals surface area contributed by atoms with Crippen molar-refractivity contribution < 1.29 is 18.0 Å². The molecule has 2 fully saturated rings. The molecule has 0 atom stereocenters. The van der Waals surface area contributed by atoms with Gasteiger partial charge in [-0.2, -0.15) is 0 Å². The summed E-state index contributed by atoms with van der Waals surface area (Å²) >= 11 is 0. The number of rotatable bonds is 4. The highest BCUT2D eigenvalue weighted by molar-refractivity contribution is 7.89. The Morgan fingerprint density at radius 1 is 1.19 bits per heavy atom. The number of nitrogens with zero attached hydrogens (tertiary/aromatic N) is 2. The maximum absolute atomic E-state index is 12.9. The molecular weight excluding hydrogens is 366 g/mol. The summed E-state index contributed by atoms with van der Waals surface area (Å²) in [7, 11) is -3.88. The van der Waals surface area contributed by atoms with Crippen molar-refractivity contribution in [3.63, 3.8) is 0 Å². The smallest absolute Gasteiger partial charge is 0.253 e. The zero-order valence-corrected chi connectivity index (χ0v) is 16.7. The van der Waals surface area contributed by atoms with Gasteiger partial charge in [0.2, 0.25) is 15.9 Å². The molecule has 8 heteroatoms. The van der Waals surface area contributed by atoms with Gasteiger partial charge < -0.3 is 9.80 Å². The first-order chi connectivity index (χ1) is 12.7. The van der Waals surface area contributed by atoms with E-state index in [-0.39, 0.29) is 16.7 Å². The third kappa shape index (κ3) is 4.32. The predicted octanol–water partition coefficient (Wildman–Crippen LogP) is 1.43. The minimum absolute atomic E-state index is 0.00767. The molecule has 2 N–H and O–H groups in total. The van der Waals surface area contributed by atoms with Gasteiger partial charge in [-0.05, 0) is 62.3 Å². The normalized spacial score (nSPS) is 19.0. The second-order valence-corrected chi connectivity index (χ2v) is 9.17. The molecule has 2 amide bonds. The lowest BCUT2D eigenvalue weighted by Crippen LogP contribution is -2.42. The van der Waals surface area contributed by atoms with Crippen molar-refractivity contribution in [2.24, 2.45) is 11.1 Å². The molecule has 0 unspecified atom stereocenters. The maximum atomic E-state index is 12.9. The van der Waals surface area contributed by atoms with Crippen molar-refractivity contribution in [3.05, 3.63) is 28.8 Å². The average Bonchev–Trinajstić information content (AvgIpc) is 3.01. The average molecular weight is 394 g/mol. The molecule has 7 nitrogen and oxygen atoms in total. The van der Waals surface area contributed by atoms with E-state index in [0.717, 1.165) is 37.9 Å². The Kier molecular flexibility index (Phi) is 5.58. The van der Waals surface area contributed by atoms with Crippen LogP contribution in [0.4, 0.5) is 0 Å². The SMILES string of the molecule is Cc1cc(C(=O)N2CCC(CN3CCCC3=O)CC2)cc(S(N)(=O)=O)c1C. The molecule has 2 aliphatic heterocycles. The van der Waals surface area contributed by atoms with Gasteiger partial charge in [0.05, 0.1) is 4.90 Å². The van der Waals surface area contributed by atoms with Gasteiger partial charge in [0.25, 0.3) is 5.91 Å². The summed E-state index contributed by atoms with van der Waals surface area (Å²) in [5.41, 5.74) is 1.66. The summed E-state index contributed by atoms with van der Waals surface area (Å²) in [6, 6.07) is 3.11. The van der Waals surface area contributed by atoms with Gasteiger partial charge in [-0.15, -0.1) is 0 Å². The third-order valence-electron chi connectivity index (χ3n) is 5.72. The molecule has 2 aliphatic rings.